The van der Waals surface area contributed by atoms with Gasteiger partial charge in [0.1, 0.15) is 4.21 Å². The van der Waals surface area contributed by atoms with Crippen molar-refractivity contribution in [3.05, 3.63) is 53.4 Å². The van der Waals surface area contributed by atoms with Crippen LogP contribution in [0.4, 0.5) is 0 Å². The first-order valence-electron chi connectivity index (χ1n) is 5.34. The van der Waals surface area contributed by atoms with Crippen LogP contribution < -0.4 is 0 Å². The van der Waals surface area contributed by atoms with Gasteiger partial charge in [-0.1, -0.05) is 36.4 Å². The molecule has 1 atom stereocenters. The van der Waals surface area contributed by atoms with Crippen molar-refractivity contribution < 1.29 is 8.42 Å². The van der Waals surface area contributed by atoms with E-state index in [1.54, 1.807) is 41.8 Å². The molecule has 0 spiro atoms. The minimum Gasteiger partial charge on any atom is -0.223 e. The van der Waals surface area contributed by atoms with E-state index >= 15 is 0 Å². The number of nitriles is 1. The number of sulfone groups is 1. The first-order valence-corrected chi connectivity index (χ1v) is 7.87. The van der Waals surface area contributed by atoms with Crippen molar-refractivity contribution in [2.75, 3.05) is 5.75 Å². The molecule has 18 heavy (non-hydrogen) atoms. The predicted octanol–water partition coefficient (Wildman–Crippen LogP) is 2.83. The third-order valence-corrected chi connectivity index (χ3v) is 5.78. The molecule has 0 N–H and O–H groups in total. The summed E-state index contributed by atoms with van der Waals surface area (Å²) in [6.45, 7) is 0. The summed E-state index contributed by atoms with van der Waals surface area (Å²) in [5.41, 5.74) is 0.736. The van der Waals surface area contributed by atoms with Gasteiger partial charge in [-0.25, -0.2) is 8.42 Å². The maximum absolute atomic E-state index is 12.1. The SMILES string of the molecule is N#CC(CS(=O)(=O)c1cccs1)c1ccccc1. The molecule has 1 heterocycles. The maximum Gasteiger partial charge on any atom is 0.189 e. The minimum atomic E-state index is -3.38. The van der Waals surface area contributed by atoms with E-state index < -0.39 is 15.8 Å². The lowest BCUT2D eigenvalue weighted by atomic mass is 10.0. The molecule has 0 bridgehead atoms. The molecule has 3 nitrogen and oxygen atoms in total. The third-order valence-electron chi connectivity index (χ3n) is 2.55. The van der Waals surface area contributed by atoms with Crippen molar-refractivity contribution in [1.29, 1.82) is 5.26 Å². The summed E-state index contributed by atoms with van der Waals surface area (Å²) in [6, 6.07) is 14.3. The van der Waals surface area contributed by atoms with Crippen LogP contribution >= 0.6 is 11.3 Å². The van der Waals surface area contributed by atoms with Gasteiger partial charge in [0, 0.05) is 0 Å². The Hall–Kier alpha value is -1.64. The van der Waals surface area contributed by atoms with Crippen LogP contribution in [0.3, 0.4) is 0 Å². The van der Waals surface area contributed by atoms with Crippen LogP contribution in [0, 0.1) is 11.3 Å². The molecule has 0 fully saturated rings. The van der Waals surface area contributed by atoms with Crippen LogP contribution in [0.25, 0.3) is 0 Å². The van der Waals surface area contributed by atoms with Crippen molar-refractivity contribution in [3.8, 4) is 6.07 Å². The Morgan fingerprint density at radius 2 is 1.89 bits per heavy atom. The average Bonchev–Trinajstić information content (AvgIpc) is 2.92. The van der Waals surface area contributed by atoms with Crippen LogP contribution in [0.15, 0.2) is 52.1 Å². The van der Waals surface area contributed by atoms with Gasteiger partial charge in [-0.05, 0) is 17.0 Å². The molecule has 92 valence electrons. The van der Waals surface area contributed by atoms with Gasteiger partial charge >= 0.3 is 0 Å². The number of rotatable bonds is 4. The lowest BCUT2D eigenvalue weighted by molar-refractivity contribution is 0.595. The van der Waals surface area contributed by atoms with E-state index in [0.717, 1.165) is 5.56 Å². The van der Waals surface area contributed by atoms with Gasteiger partial charge < -0.3 is 0 Å². The standard InChI is InChI=1S/C13H11NO2S2/c14-9-12(11-5-2-1-3-6-11)10-18(15,16)13-7-4-8-17-13/h1-8,12H,10H2. The van der Waals surface area contributed by atoms with Gasteiger partial charge in [0.25, 0.3) is 0 Å². The summed E-state index contributed by atoms with van der Waals surface area (Å²) >= 11 is 1.18. The third kappa shape index (κ3) is 2.78. The van der Waals surface area contributed by atoms with Crippen LogP contribution in [0.5, 0.6) is 0 Å². The second-order valence-corrected chi connectivity index (χ2v) is 7.01. The Morgan fingerprint density at radius 3 is 2.44 bits per heavy atom. The van der Waals surface area contributed by atoms with Gasteiger partial charge in [0.2, 0.25) is 0 Å². The van der Waals surface area contributed by atoms with E-state index in [-0.39, 0.29) is 5.75 Å². The second kappa shape index (κ2) is 5.34. The van der Waals surface area contributed by atoms with Gasteiger partial charge in [0.05, 0.1) is 17.7 Å². The molecule has 5 heteroatoms. The smallest absolute Gasteiger partial charge is 0.189 e. The molecule has 1 aromatic carbocycles. The quantitative estimate of drug-likeness (QED) is 0.863. The Morgan fingerprint density at radius 1 is 1.17 bits per heavy atom. The first kappa shape index (κ1) is 12.8. The molecule has 0 aliphatic rings. The number of thiophene rings is 1. The van der Waals surface area contributed by atoms with E-state index in [4.69, 9.17) is 5.26 Å². The number of nitrogens with zero attached hydrogens (tertiary/aromatic N) is 1. The fraction of sp³-hybridized carbons (Fsp3) is 0.154. The highest BCUT2D eigenvalue weighted by atomic mass is 32.2. The number of hydrogen-bond donors (Lipinski definition) is 0. The second-order valence-electron chi connectivity index (χ2n) is 3.81. The first-order chi connectivity index (χ1) is 8.63. The summed E-state index contributed by atoms with van der Waals surface area (Å²) in [5, 5.41) is 10.8. The summed E-state index contributed by atoms with van der Waals surface area (Å²) in [7, 11) is -3.38. The molecule has 0 amide bonds. The highest BCUT2D eigenvalue weighted by molar-refractivity contribution is 7.93. The Balaban J connectivity index is 2.26. The fourth-order valence-corrected chi connectivity index (χ4v) is 4.20. The van der Waals surface area contributed by atoms with Crippen LogP contribution in [-0.2, 0) is 9.84 Å². The summed E-state index contributed by atoms with van der Waals surface area (Å²) in [4.78, 5) is 0. The molecule has 0 aliphatic carbocycles. The van der Waals surface area contributed by atoms with Gasteiger partial charge in [0.15, 0.2) is 9.84 Å². The normalized spacial score (nSPS) is 12.8. The van der Waals surface area contributed by atoms with Crippen molar-refractivity contribution in [2.24, 2.45) is 0 Å². The predicted molar refractivity (Wildman–Crippen MR) is 71.2 cm³/mol. The average molecular weight is 277 g/mol. The van der Waals surface area contributed by atoms with Gasteiger partial charge in [-0.3, -0.25) is 0 Å². The Kier molecular flexibility index (Phi) is 3.80. The number of benzene rings is 1. The van der Waals surface area contributed by atoms with Crippen LogP contribution in [0.2, 0.25) is 0 Å². The van der Waals surface area contributed by atoms with E-state index in [1.165, 1.54) is 11.3 Å². The van der Waals surface area contributed by atoms with Crippen LogP contribution in [-0.4, -0.2) is 14.2 Å². The molecular formula is C13H11NO2S2. The Bertz CT molecular complexity index is 640. The summed E-state index contributed by atoms with van der Waals surface area (Å²) < 4.78 is 24.5. The highest BCUT2D eigenvalue weighted by Crippen LogP contribution is 2.24. The molecule has 0 saturated heterocycles. The van der Waals surface area contributed by atoms with E-state index in [9.17, 15) is 8.42 Å². The molecule has 2 aromatic rings. The highest BCUT2D eigenvalue weighted by Gasteiger charge is 2.23. The van der Waals surface area contributed by atoms with Crippen molar-refractivity contribution >= 4 is 21.2 Å². The molecular weight excluding hydrogens is 266 g/mol. The van der Waals surface area contributed by atoms with E-state index in [1.807, 2.05) is 6.07 Å². The molecule has 0 aliphatic heterocycles. The van der Waals surface area contributed by atoms with Gasteiger partial charge in [-0.15, -0.1) is 11.3 Å². The molecule has 0 radical (unpaired) electrons. The van der Waals surface area contributed by atoms with Crippen molar-refractivity contribution in [3.63, 3.8) is 0 Å². The largest absolute Gasteiger partial charge is 0.223 e. The maximum atomic E-state index is 12.1. The summed E-state index contributed by atoms with van der Waals surface area (Å²) in [6.07, 6.45) is 0. The fourth-order valence-electron chi connectivity index (χ4n) is 1.64. The van der Waals surface area contributed by atoms with Crippen LogP contribution in [0.1, 0.15) is 11.5 Å². The molecule has 1 unspecified atom stereocenters. The lowest BCUT2D eigenvalue weighted by Crippen LogP contribution is -2.13. The lowest BCUT2D eigenvalue weighted by Gasteiger charge is -2.08. The zero-order chi connectivity index (χ0) is 13.0. The Labute approximate surface area is 110 Å². The molecule has 1 aromatic heterocycles. The minimum absolute atomic E-state index is 0.173. The topological polar surface area (TPSA) is 57.9 Å². The zero-order valence-corrected chi connectivity index (χ0v) is 11.1. The van der Waals surface area contributed by atoms with Crippen molar-refractivity contribution in [1.82, 2.24) is 0 Å². The van der Waals surface area contributed by atoms with E-state index in [0.29, 0.717) is 4.21 Å². The zero-order valence-electron chi connectivity index (χ0n) is 9.48. The van der Waals surface area contributed by atoms with Gasteiger partial charge in [-0.2, -0.15) is 5.26 Å². The summed E-state index contributed by atoms with van der Waals surface area (Å²) in [5.74, 6) is -0.799. The van der Waals surface area contributed by atoms with E-state index in [2.05, 4.69) is 6.07 Å². The molecule has 0 saturated carbocycles. The monoisotopic (exact) mass is 277 g/mol. The van der Waals surface area contributed by atoms with Crippen molar-refractivity contribution in [2.45, 2.75) is 10.1 Å². The molecule has 2 rings (SSSR count). The number of hydrogen-bond acceptors (Lipinski definition) is 4.